The van der Waals surface area contributed by atoms with Crippen molar-refractivity contribution in [2.24, 2.45) is 0 Å². The van der Waals surface area contributed by atoms with Crippen molar-refractivity contribution in [1.82, 2.24) is 9.97 Å². The topological polar surface area (TPSA) is 135 Å². The zero-order valence-electron chi connectivity index (χ0n) is 11.0. The highest BCUT2D eigenvalue weighted by Crippen LogP contribution is 2.17. The van der Waals surface area contributed by atoms with Gasteiger partial charge in [-0.25, -0.2) is 0 Å². The quantitative estimate of drug-likeness (QED) is 0.502. The van der Waals surface area contributed by atoms with Crippen LogP contribution in [-0.4, -0.2) is 32.7 Å². The van der Waals surface area contributed by atoms with Crippen molar-refractivity contribution in [1.29, 1.82) is 0 Å². The second-order valence-electron chi connectivity index (χ2n) is 4.08. The number of carboxylic acid groups (broad SMARTS) is 1. The number of carbonyl (C=O) groups is 2. The number of para-hydroxylation sites is 1. The number of carbonyl (C=O) groups excluding carboxylic acids is 2. The summed E-state index contributed by atoms with van der Waals surface area (Å²) in [5.74, 6) is -2.48. The van der Waals surface area contributed by atoms with Crippen LogP contribution in [0.1, 0.15) is 10.4 Å². The van der Waals surface area contributed by atoms with E-state index < -0.39 is 23.3 Å². The predicted octanol–water partition coefficient (Wildman–Crippen LogP) is -0.430. The molecule has 0 aliphatic heterocycles. The summed E-state index contributed by atoms with van der Waals surface area (Å²) in [6.07, 6.45) is 0. The Morgan fingerprint density at radius 3 is 2.77 bits per heavy atom. The Hall–Kier alpha value is -2.81. The van der Waals surface area contributed by atoms with Gasteiger partial charge in [-0.2, -0.15) is 4.98 Å². The standard InChI is InChI=1S/C13H11N3O5S/c17-9-5-10(18)16-13(15-9)22-6-11(19)14-8-4-2-1-3-7(8)12(20)21/h1-5H,6H2,(H,14,19)(H,20,21)(H2,15,16,17,18)/p-1. The van der Waals surface area contributed by atoms with Crippen LogP contribution in [0.25, 0.3) is 0 Å². The van der Waals surface area contributed by atoms with Gasteiger partial charge < -0.3 is 25.3 Å². The maximum Gasteiger partial charge on any atom is 0.255 e. The Kier molecular flexibility index (Phi) is 4.79. The lowest BCUT2D eigenvalue weighted by Crippen LogP contribution is -2.25. The van der Waals surface area contributed by atoms with Crippen LogP contribution < -0.4 is 16.0 Å². The summed E-state index contributed by atoms with van der Waals surface area (Å²) in [4.78, 5) is 39.8. The molecule has 0 fully saturated rings. The van der Waals surface area contributed by atoms with E-state index in [-0.39, 0.29) is 22.2 Å². The van der Waals surface area contributed by atoms with Crippen LogP contribution in [0.4, 0.5) is 5.69 Å². The van der Waals surface area contributed by atoms with Crippen LogP contribution in [0.3, 0.4) is 0 Å². The summed E-state index contributed by atoms with van der Waals surface area (Å²) < 4.78 is 0. The van der Waals surface area contributed by atoms with Crippen LogP contribution in [-0.2, 0) is 4.79 Å². The first-order valence-corrected chi connectivity index (χ1v) is 6.97. The lowest BCUT2D eigenvalue weighted by Gasteiger charge is -2.11. The third kappa shape index (κ3) is 4.09. The van der Waals surface area contributed by atoms with E-state index in [0.717, 1.165) is 17.8 Å². The number of aromatic carboxylic acids is 1. The molecule has 3 N–H and O–H groups in total. The molecular formula is C13H10N3O5S-. The van der Waals surface area contributed by atoms with Gasteiger partial charge in [0.05, 0.1) is 17.8 Å². The highest BCUT2D eigenvalue weighted by atomic mass is 32.2. The van der Waals surface area contributed by atoms with E-state index in [1.165, 1.54) is 18.2 Å². The second-order valence-corrected chi connectivity index (χ2v) is 5.04. The second kappa shape index (κ2) is 6.76. The molecule has 0 atom stereocenters. The Bertz CT molecular complexity index is 774. The number of amides is 1. The highest BCUT2D eigenvalue weighted by molar-refractivity contribution is 7.99. The molecule has 0 radical (unpaired) electrons. The summed E-state index contributed by atoms with van der Waals surface area (Å²) >= 11 is 0.889. The number of thioether (sulfide) groups is 1. The van der Waals surface area contributed by atoms with E-state index in [1.54, 1.807) is 6.07 Å². The molecule has 8 nitrogen and oxygen atoms in total. The number of aromatic hydroxyl groups is 1. The van der Waals surface area contributed by atoms with Crippen molar-refractivity contribution in [2.45, 2.75) is 5.16 Å². The molecule has 0 saturated heterocycles. The van der Waals surface area contributed by atoms with Crippen molar-refractivity contribution in [3.05, 3.63) is 46.2 Å². The van der Waals surface area contributed by atoms with Crippen molar-refractivity contribution in [3.63, 3.8) is 0 Å². The van der Waals surface area contributed by atoms with Crippen molar-refractivity contribution >= 4 is 29.3 Å². The Labute approximate surface area is 128 Å². The van der Waals surface area contributed by atoms with Gasteiger partial charge in [-0.15, -0.1) is 0 Å². The third-order valence-corrected chi connectivity index (χ3v) is 3.34. The summed E-state index contributed by atoms with van der Waals surface area (Å²) in [6, 6.07) is 6.73. The number of benzene rings is 1. The minimum absolute atomic E-state index is 0.0772. The highest BCUT2D eigenvalue weighted by Gasteiger charge is 2.09. The van der Waals surface area contributed by atoms with E-state index in [0.29, 0.717) is 0 Å². The molecule has 1 aromatic heterocycles. The molecule has 1 heterocycles. The number of nitrogens with zero attached hydrogens (tertiary/aromatic N) is 1. The fourth-order valence-corrected chi connectivity index (χ4v) is 2.25. The molecule has 2 aromatic rings. The van der Waals surface area contributed by atoms with E-state index in [1.807, 2.05) is 0 Å². The lowest BCUT2D eigenvalue weighted by atomic mass is 10.2. The molecule has 1 aromatic carbocycles. The van der Waals surface area contributed by atoms with Gasteiger partial charge >= 0.3 is 0 Å². The van der Waals surface area contributed by atoms with Gasteiger partial charge in [-0.1, -0.05) is 30.0 Å². The summed E-state index contributed by atoms with van der Waals surface area (Å²) in [5.41, 5.74) is -0.562. The van der Waals surface area contributed by atoms with E-state index >= 15 is 0 Å². The largest absolute Gasteiger partial charge is 0.545 e. The molecule has 0 bridgehead atoms. The maximum absolute atomic E-state index is 11.8. The number of anilines is 1. The smallest absolute Gasteiger partial charge is 0.255 e. The zero-order chi connectivity index (χ0) is 16.1. The molecule has 1 amide bonds. The first-order chi connectivity index (χ1) is 10.5. The molecule has 9 heteroatoms. The number of nitrogens with one attached hydrogen (secondary N) is 2. The van der Waals surface area contributed by atoms with Gasteiger partial charge in [0.25, 0.3) is 5.56 Å². The number of H-pyrrole nitrogens is 1. The number of hydrogen-bond acceptors (Lipinski definition) is 7. The van der Waals surface area contributed by atoms with Crippen molar-refractivity contribution in [2.75, 3.05) is 11.1 Å². The third-order valence-electron chi connectivity index (χ3n) is 2.47. The van der Waals surface area contributed by atoms with Gasteiger partial charge in [-0.3, -0.25) is 9.59 Å². The molecule has 0 unspecified atom stereocenters. The molecular weight excluding hydrogens is 310 g/mol. The molecule has 22 heavy (non-hydrogen) atoms. The number of carboxylic acids is 1. The molecule has 0 aliphatic carbocycles. The molecule has 0 spiro atoms. The first-order valence-electron chi connectivity index (χ1n) is 5.99. The summed E-state index contributed by atoms with van der Waals surface area (Å²) in [5, 5.41) is 22.6. The zero-order valence-corrected chi connectivity index (χ0v) is 11.8. The van der Waals surface area contributed by atoms with E-state index in [2.05, 4.69) is 15.3 Å². The molecule has 2 rings (SSSR count). The summed E-state index contributed by atoms with van der Waals surface area (Å²) in [6.45, 7) is 0. The van der Waals surface area contributed by atoms with Gasteiger partial charge in [0, 0.05) is 11.3 Å². The number of aromatic nitrogens is 2. The monoisotopic (exact) mass is 320 g/mol. The van der Waals surface area contributed by atoms with Crippen LogP contribution in [0.15, 0.2) is 40.3 Å². The van der Waals surface area contributed by atoms with Gasteiger partial charge in [0.2, 0.25) is 11.8 Å². The Balaban J connectivity index is 2.02. The van der Waals surface area contributed by atoms with Gasteiger partial charge in [0.1, 0.15) is 0 Å². The normalized spacial score (nSPS) is 10.2. The number of aromatic amines is 1. The minimum Gasteiger partial charge on any atom is -0.545 e. The lowest BCUT2D eigenvalue weighted by molar-refractivity contribution is -0.254. The van der Waals surface area contributed by atoms with Crippen LogP contribution in [0, 0.1) is 0 Å². The average Bonchev–Trinajstić information content (AvgIpc) is 2.44. The summed E-state index contributed by atoms with van der Waals surface area (Å²) in [7, 11) is 0. The van der Waals surface area contributed by atoms with E-state index in [4.69, 9.17) is 0 Å². The van der Waals surface area contributed by atoms with Gasteiger partial charge in [-0.05, 0) is 6.07 Å². The molecule has 114 valence electrons. The Morgan fingerprint density at radius 1 is 1.36 bits per heavy atom. The number of hydrogen-bond donors (Lipinski definition) is 3. The van der Waals surface area contributed by atoms with Crippen LogP contribution >= 0.6 is 11.8 Å². The predicted molar refractivity (Wildman–Crippen MR) is 76.6 cm³/mol. The maximum atomic E-state index is 11.8. The van der Waals surface area contributed by atoms with Crippen molar-refractivity contribution < 1.29 is 19.8 Å². The average molecular weight is 320 g/mol. The minimum atomic E-state index is -1.40. The van der Waals surface area contributed by atoms with Crippen LogP contribution in [0.5, 0.6) is 5.88 Å². The fraction of sp³-hybridized carbons (Fsp3) is 0.0769. The molecule has 0 saturated carbocycles. The van der Waals surface area contributed by atoms with Crippen LogP contribution in [0.2, 0.25) is 0 Å². The Morgan fingerprint density at radius 2 is 2.09 bits per heavy atom. The van der Waals surface area contributed by atoms with Gasteiger partial charge in [0.15, 0.2) is 5.16 Å². The first kappa shape index (κ1) is 15.6. The SMILES string of the molecule is O=C(CSc1nc(O)cc(=O)[nH]1)Nc1ccccc1C(=O)[O-]. The van der Waals surface area contributed by atoms with E-state index in [9.17, 15) is 24.6 Å². The molecule has 0 aliphatic rings. The fourth-order valence-electron chi connectivity index (χ4n) is 1.58. The van der Waals surface area contributed by atoms with Crippen molar-refractivity contribution in [3.8, 4) is 5.88 Å². The number of rotatable bonds is 5.